The van der Waals surface area contributed by atoms with E-state index in [1.54, 1.807) is 6.92 Å². The summed E-state index contributed by atoms with van der Waals surface area (Å²) in [7, 11) is 1.38. The van der Waals surface area contributed by atoms with Crippen molar-refractivity contribution in [3.8, 4) is 11.5 Å². The smallest absolute Gasteiger partial charge is 0.338 e. The molecule has 1 saturated carbocycles. The predicted octanol–water partition coefficient (Wildman–Crippen LogP) is 5.30. The van der Waals surface area contributed by atoms with E-state index in [1.165, 1.54) is 32.2 Å². The van der Waals surface area contributed by atoms with E-state index < -0.39 is 52.7 Å². The zero-order valence-corrected chi connectivity index (χ0v) is 27.0. The van der Waals surface area contributed by atoms with Crippen molar-refractivity contribution < 1.29 is 47.9 Å². The number of ether oxygens (including phenoxy) is 6. The highest BCUT2D eigenvalue weighted by atomic mass is 16.9. The van der Waals surface area contributed by atoms with Crippen LogP contribution >= 0.6 is 0 Å². The van der Waals surface area contributed by atoms with Crippen LogP contribution in [0.2, 0.25) is 0 Å². The van der Waals surface area contributed by atoms with Gasteiger partial charge in [0.05, 0.1) is 24.2 Å². The minimum Gasteiger partial charge on any atom is -0.504 e. The average Bonchev–Trinajstić information content (AvgIpc) is 3.36. The number of carbonyl (C=O) groups is 3. The van der Waals surface area contributed by atoms with Crippen LogP contribution in [0.15, 0.2) is 84.0 Å². The molecule has 47 heavy (non-hydrogen) atoms. The van der Waals surface area contributed by atoms with Gasteiger partial charge in [-0.2, -0.15) is 0 Å². The minimum absolute atomic E-state index is 0.0174. The lowest BCUT2D eigenvalue weighted by Gasteiger charge is -2.59. The van der Waals surface area contributed by atoms with Gasteiger partial charge in [0.25, 0.3) is 0 Å². The molecule has 2 aromatic carbocycles. The molecule has 0 spiro atoms. The van der Waals surface area contributed by atoms with Crippen molar-refractivity contribution in [1.29, 1.82) is 0 Å². The van der Waals surface area contributed by atoms with E-state index in [0.717, 1.165) is 5.57 Å². The summed E-state index contributed by atoms with van der Waals surface area (Å²) >= 11 is 0. The lowest BCUT2D eigenvalue weighted by Crippen LogP contribution is -2.70. The number of phenols is 1. The van der Waals surface area contributed by atoms with Crippen LogP contribution in [0.5, 0.6) is 11.5 Å². The van der Waals surface area contributed by atoms with Crippen molar-refractivity contribution in [2.45, 2.75) is 69.4 Å². The second kappa shape index (κ2) is 10.6. The highest BCUT2D eigenvalue weighted by Gasteiger charge is 2.80. The van der Waals surface area contributed by atoms with Crippen molar-refractivity contribution in [3.63, 3.8) is 0 Å². The van der Waals surface area contributed by atoms with Crippen molar-refractivity contribution in [2.24, 2.45) is 17.8 Å². The fraction of sp³-hybridized carbons (Fsp3) is 0.432. The third-order valence-corrected chi connectivity index (χ3v) is 10.6. The van der Waals surface area contributed by atoms with Gasteiger partial charge in [0.1, 0.15) is 18.3 Å². The van der Waals surface area contributed by atoms with Gasteiger partial charge in [-0.25, -0.2) is 4.79 Å². The topological polar surface area (TPSA) is 127 Å². The molecule has 8 atom stereocenters. The summed E-state index contributed by atoms with van der Waals surface area (Å²) < 4.78 is 38.1. The number of esters is 2. The maximum atomic E-state index is 14.3. The van der Waals surface area contributed by atoms with Crippen molar-refractivity contribution in [1.82, 2.24) is 0 Å². The number of methoxy groups -OCH3 is 1. The molecule has 3 aliphatic carbocycles. The number of phenolic OH excluding ortho intramolecular Hbond substituents is 1. The highest BCUT2D eigenvalue weighted by Crippen LogP contribution is 2.70. The molecule has 2 aliphatic heterocycles. The van der Waals surface area contributed by atoms with E-state index in [-0.39, 0.29) is 41.8 Å². The summed E-state index contributed by atoms with van der Waals surface area (Å²) in [5.74, 6) is -4.65. The van der Waals surface area contributed by atoms with Gasteiger partial charge in [0.2, 0.25) is 5.78 Å². The molecule has 1 N–H and O–H groups in total. The lowest BCUT2D eigenvalue weighted by atomic mass is 9.54. The molecule has 0 aromatic heterocycles. The molecular weight excluding hydrogens is 604 g/mol. The molecular formula is C37H38O10. The summed E-state index contributed by atoms with van der Waals surface area (Å²) in [4.78, 5) is 40.3. The third kappa shape index (κ3) is 4.31. The first-order valence-corrected chi connectivity index (χ1v) is 15.8. The number of fused-ring (bicyclic) bond motifs is 2. The largest absolute Gasteiger partial charge is 0.504 e. The van der Waals surface area contributed by atoms with Gasteiger partial charge < -0.3 is 33.5 Å². The van der Waals surface area contributed by atoms with Crippen LogP contribution in [0.3, 0.4) is 0 Å². The molecule has 2 saturated heterocycles. The van der Waals surface area contributed by atoms with E-state index in [2.05, 4.69) is 13.5 Å². The molecule has 5 aliphatic rings. The quantitative estimate of drug-likeness (QED) is 0.314. The van der Waals surface area contributed by atoms with Gasteiger partial charge in [-0.05, 0) is 61.1 Å². The summed E-state index contributed by atoms with van der Waals surface area (Å²) in [5.41, 5.74) is -1.09. The summed E-state index contributed by atoms with van der Waals surface area (Å²) in [6, 6.07) is 13.6. The van der Waals surface area contributed by atoms with Crippen LogP contribution < -0.4 is 4.74 Å². The molecule has 7 rings (SSSR count). The number of Topliss-reactive ketones (excluding diaryl/α,β-unsaturated/α-hetero) is 1. The maximum absolute atomic E-state index is 14.3. The first-order chi connectivity index (χ1) is 22.3. The maximum Gasteiger partial charge on any atom is 0.338 e. The van der Waals surface area contributed by atoms with Gasteiger partial charge >= 0.3 is 17.9 Å². The van der Waals surface area contributed by atoms with Crippen LogP contribution in [0.1, 0.15) is 56.5 Å². The van der Waals surface area contributed by atoms with Gasteiger partial charge in [-0.15, -0.1) is 0 Å². The van der Waals surface area contributed by atoms with Crippen LogP contribution in [0, 0.1) is 17.8 Å². The normalized spacial score (nSPS) is 36.4. The van der Waals surface area contributed by atoms with Gasteiger partial charge in [0.15, 0.2) is 17.1 Å². The third-order valence-electron chi connectivity index (χ3n) is 10.6. The van der Waals surface area contributed by atoms with E-state index in [0.29, 0.717) is 23.1 Å². The molecule has 246 valence electrons. The highest BCUT2D eigenvalue weighted by molar-refractivity contribution is 6.06. The minimum atomic E-state index is -1.66. The Labute approximate surface area is 272 Å². The zero-order valence-electron chi connectivity index (χ0n) is 27.0. The Morgan fingerprint density at radius 3 is 2.51 bits per heavy atom. The van der Waals surface area contributed by atoms with Gasteiger partial charge in [0, 0.05) is 24.8 Å². The van der Waals surface area contributed by atoms with Crippen LogP contribution in [-0.2, 0) is 39.2 Å². The Balaban J connectivity index is 1.38. The SMILES string of the molecule is C=C(C)[C@]12C[C@@H](C)[C@@]34OC(c5ccccc5)(O[C@H]1[C@@H]3C=C(COC(=O)c1ccc(O)c(OC)c1)C[C@]1(OC(C)=O)C(=O)C(C)=C[C@@H]41)O2. The van der Waals surface area contributed by atoms with Crippen LogP contribution in [-0.4, -0.2) is 59.5 Å². The lowest BCUT2D eigenvalue weighted by molar-refractivity contribution is -0.433. The first-order valence-electron chi connectivity index (χ1n) is 15.8. The Hall–Kier alpha value is -4.25. The zero-order chi connectivity index (χ0) is 33.5. The molecule has 10 heteroatoms. The van der Waals surface area contributed by atoms with Crippen LogP contribution in [0.25, 0.3) is 0 Å². The molecule has 0 radical (unpaired) electrons. The monoisotopic (exact) mass is 642 g/mol. The van der Waals surface area contributed by atoms with Crippen molar-refractivity contribution >= 4 is 17.7 Å². The van der Waals surface area contributed by atoms with Gasteiger partial charge in [-0.1, -0.05) is 56.0 Å². The summed E-state index contributed by atoms with van der Waals surface area (Å²) in [6.45, 7) is 11.1. The second-order valence-corrected chi connectivity index (χ2v) is 13.4. The van der Waals surface area contributed by atoms with Crippen molar-refractivity contribution in [2.75, 3.05) is 13.7 Å². The predicted molar refractivity (Wildman–Crippen MR) is 167 cm³/mol. The van der Waals surface area contributed by atoms with Crippen molar-refractivity contribution in [3.05, 3.63) is 95.1 Å². The molecule has 3 bridgehead atoms. The summed E-state index contributed by atoms with van der Waals surface area (Å²) in [5, 5.41) is 10.00. The summed E-state index contributed by atoms with van der Waals surface area (Å²) in [6.07, 6.45) is 3.72. The Kier molecular flexibility index (Phi) is 7.09. The number of ketones is 1. The molecule has 3 fully saturated rings. The van der Waals surface area contributed by atoms with E-state index in [9.17, 15) is 19.5 Å². The Morgan fingerprint density at radius 1 is 1.09 bits per heavy atom. The number of hydrogen-bond acceptors (Lipinski definition) is 10. The Bertz CT molecular complexity index is 1760. The van der Waals surface area contributed by atoms with E-state index in [4.69, 9.17) is 28.4 Å². The molecule has 0 amide bonds. The van der Waals surface area contributed by atoms with Gasteiger partial charge in [-0.3, -0.25) is 9.59 Å². The fourth-order valence-electron chi connectivity index (χ4n) is 8.68. The molecule has 10 nitrogen and oxygen atoms in total. The van der Waals surface area contributed by atoms with E-state index in [1.807, 2.05) is 49.4 Å². The molecule has 2 aromatic rings. The Morgan fingerprint density at radius 2 is 1.83 bits per heavy atom. The fourth-order valence-corrected chi connectivity index (χ4v) is 8.68. The number of rotatable bonds is 7. The molecule has 1 unspecified atom stereocenters. The first kappa shape index (κ1) is 31.4. The van der Waals surface area contributed by atoms with E-state index >= 15 is 0 Å². The van der Waals surface area contributed by atoms with Crippen LogP contribution in [0.4, 0.5) is 0 Å². The molecule has 2 heterocycles. The number of aromatic hydroxyl groups is 1. The number of carbonyl (C=O) groups excluding carboxylic acids is 3. The average molecular weight is 643 g/mol. The second-order valence-electron chi connectivity index (χ2n) is 13.4. The standard InChI is InChI=1S/C37H38O10/c1-20(2)34-17-22(4)36-27(32(34)45-37(46-34,47-36)26-10-8-7-9-11-26)15-24(18-35(44-23(5)38)30(36)14-21(3)31(35)40)19-43-33(41)25-12-13-28(39)29(16-25)42-6/h7-16,22,27,30,32,39H,1,17-19H2,2-6H3/t22-,27+,30-,32+,34-,35-,36-,37?/m1/s1. The number of hydrogen-bond donors (Lipinski definition) is 1. The number of benzene rings is 2.